The Morgan fingerprint density at radius 2 is 2.39 bits per heavy atom. The van der Waals surface area contributed by atoms with Crippen molar-refractivity contribution in [2.45, 2.75) is 31.7 Å². The van der Waals surface area contributed by atoms with E-state index in [0.717, 1.165) is 25.0 Å². The van der Waals surface area contributed by atoms with E-state index in [1.165, 1.54) is 11.1 Å². The molecule has 1 aliphatic rings. The zero-order valence-corrected chi connectivity index (χ0v) is 11.3. The second kappa shape index (κ2) is 6.10. The zero-order chi connectivity index (χ0) is 13.0. The number of alkyl halides is 1. The van der Waals surface area contributed by atoms with Gasteiger partial charge in [0.1, 0.15) is 5.75 Å². The van der Waals surface area contributed by atoms with E-state index in [-0.39, 0.29) is 11.9 Å². The van der Waals surface area contributed by atoms with Crippen LogP contribution in [0.3, 0.4) is 0 Å². The van der Waals surface area contributed by atoms with Crippen LogP contribution in [-0.2, 0) is 11.2 Å². The van der Waals surface area contributed by atoms with E-state index in [0.29, 0.717) is 12.3 Å². The Morgan fingerprint density at radius 1 is 1.56 bits per heavy atom. The lowest BCUT2D eigenvalue weighted by Gasteiger charge is -2.27. The Labute approximate surface area is 112 Å². The lowest BCUT2D eigenvalue weighted by molar-refractivity contribution is -0.121. The highest BCUT2D eigenvalue weighted by Crippen LogP contribution is 2.35. The third-order valence-corrected chi connectivity index (χ3v) is 3.53. The van der Waals surface area contributed by atoms with E-state index in [1.54, 1.807) is 7.11 Å². The number of fused-ring (bicyclic) bond motifs is 1. The van der Waals surface area contributed by atoms with Crippen molar-refractivity contribution in [2.24, 2.45) is 0 Å². The van der Waals surface area contributed by atoms with E-state index in [2.05, 4.69) is 11.4 Å². The highest BCUT2D eigenvalue weighted by Gasteiger charge is 2.23. The zero-order valence-electron chi connectivity index (χ0n) is 10.5. The number of ether oxygens (including phenoxy) is 1. The molecule has 1 amide bonds. The van der Waals surface area contributed by atoms with Crippen LogP contribution in [0.2, 0.25) is 0 Å². The van der Waals surface area contributed by atoms with Gasteiger partial charge in [0.05, 0.1) is 13.2 Å². The molecule has 0 saturated heterocycles. The largest absolute Gasteiger partial charge is 0.496 e. The van der Waals surface area contributed by atoms with Gasteiger partial charge in [-0.05, 0) is 36.5 Å². The van der Waals surface area contributed by atoms with E-state index >= 15 is 0 Å². The van der Waals surface area contributed by atoms with Crippen LogP contribution in [0.4, 0.5) is 0 Å². The fourth-order valence-electron chi connectivity index (χ4n) is 2.51. The molecule has 4 heteroatoms. The molecular formula is C14H18ClNO2. The van der Waals surface area contributed by atoms with Crippen molar-refractivity contribution in [3.05, 3.63) is 29.3 Å². The second-order valence-corrected chi connectivity index (χ2v) is 4.86. The number of amides is 1. The summed E-state index contributed by atoms with van der Waals surface area (Å²) in [5.74, 6) is 1.30. The standard InChI is InChI=1S/C14H18ClNO2/c1-18-13-7-3-4-10-11(13)5-2-6-12(10)16-14(17)8-9-15/h3-4,7,12H,2,5-6,8-9H2,1H3,(H,16,17)/t12-/m0/s1. The maximum absolute atomic E-state index is 11.6. The number of benzene rings is 1. The number of methoxy groups -OCH3 is 1. The summed E-state index contributed by atoms with van der Waals surface area (Å²) >= 11 is 5.58. The summed E-state index contributed by atoms with van der Waals surface area (Å²) in [6, 6.07) is 6.12. The van der Waals surface area contributed by atoms with Gasteiger partial charge in [0.15, 0.2) is 0 Å². The van der Waals surface area contributed by atoms with Gasteiger partial charge in [-0.1, -0.05) is 12.1 Å². The van der Waals surface area contributed by atoms with Crippen LogP contribution in [0, 0.1) is 0 Å². The molecule has 0 bridgehead atoms. The van der Waals surface area contributed by atoms with Crippen molar-refractivity contribution in [1.29, 1.82) is 0 Å². The summed E-state index contributed by atoms with van der Waals surface area (Å²) in [4.78, 5) is 11.6. The molecule has 0 unspecified atom stereocenters. The minimum Gasteiger partial charge on any atom is -0.496 e. The average molecular weight is 268 g/mol. The lowest BCUT2D eigenvalue weighted by Crippen LogP contribution is -2.31. The molecule has 1 N–H and O–H groups in total. The van der Waals surface area contributed by atoms with E-state index in [4.69, 9.17) is 16.3 Å². The van der Waals surface area contributed by atoms with Crippen LogP contribution in [0.15, 0.2) is 18.2 Å². The maximum Gasteiger partial charge on any atom is 0.221 e. The summed E-state index contributed by atoms with van der Waals surface area (Å²) < 4.78 is 5.38. The molecule has 1 aromatic rings. The molecule has 1 atom stereocenters. The highest BCUT2D eigenvalue weighted by molar-refractivity contribution is 6.18. The third-order valence-electron chi connectivity index (χ3n) is 3.34. The highest BCUT2D eigenvalue weighted by atomic mass is 35.5. The van der Waals surface area contributed by atoms with Crippen LogP contribution in [-0.4, -0.2) is 18.9 Å². The Balaban J connectivity index is 2.20. The number of carbonyl (C=O) groups excluding carboxylic acids is 1. The van der Waals surface area contributed by atoms with Gasteiger partial charge in [-0.25, -0.2) is 0 Å². The molecule has 2 rings (SSSR count). The van der Waals surface area contributed by atoms with Crippen LogP contribution >= 0.6 is 11.6 Å². The van der Waals surface area contributed by atoms with Crippen molar-refractivity contribution in [3.8, 4) is 5.75 Å². The number of nitrogens with one attached hydrogen (secondary N) is 1. The van der Waals surface area contributed by atoms with Gasteiger partial charge in [0, 0.05) is 12.3 Å². The molecular weight excluding hydrogens is 250 g/mol. The Kier molecular flexibility index (Phi) is 4.48. The van der Waals surface area contributed by atoms with Crippen LogP contribution < -0.4 is 10.1 Å². The van der Waals surface area contributed by atoms with Gasteiger partial charge in [-0.3, -0.25) is 4.79 Å². The van der Waals surface area contributed by atoms with Gasteiger partial charge < -0.3 is 10.1 Å². The molecule has 18 heavy (non-hydrogen) atoms. The first-order valence-electron chi connectivity index (χ1n) is 6.27. The van der Waals surface area contributed by atoms with Gasteiger partial charge in [0.2, 0.25) is 5.91 Å². The topological polar surface area (TPSA) is 38.3 Å². The smallest absolute Gasteiger partial charge is 0.221 e. The van der Waals surface area contributed by atoms with Crippen LogP contribution in [0.25, 0.3) is 0 Å². The lowest BCUT2D eigenvalue weighted by atomic mass is 9.87. The molecule has 0 aliphatic heterocycles. The molecule has 3 nitrogen and oxygen atoms in total. The summed E-state index contributed by atoms with van der Waals surface area (Å²) in [6.45, 7) is 0. The SMILES string of the molecule is COc1cccc2c1CCC[C@@H]2NC(=O)CCCl. The van der Waals surface area contributed by atoms with Crippen molar-refractivity contribution in [2.75, 3.05) is 13.0 Å². The number of halogens is 1. The fourth-order valence-corrected chi connectivity index (χ4v) is 2.68. The minimum atomic E-state index is 0.0191. The number of carbonyl (C=O) groups is 1. The molecule has 0 heterocycles. The molecule has 1 aromatic carbocycles. The van der Waals surface area contributed by atoms with Crippen molar-refractivity contribution in [3.63, 3.8) is 0 Å². The monoisotopic (exact) mass is 267 g/mol. The Morgan fingerprint density at radius 3 is 3.11 bits per heavy atom. The van der Waals surface area contributed by atoms with Crippen molar-refractivity contribution >= 4 is 17.5 Å². The fraction of sp³-hybridized carbons (Fsp3) is 0.500. The molecule has 0 spiro atoms. The van der Waals surface area contributed by atoms with Gasteiger partial charge in [0.25, 0.3) is 0 Å². The van der Waals surface area contributed by atoms with E-state index in [1.807, 2.05) is 12.1 Å². The van der Waals surface area contributed by atoms with Gasteiger partial charge in [-0.2, -0.15) is 0 Å². The van der Waals surface area contributed by atoms with Gasteiger partial charge in [-0.15, -0.1) is 11.6 Å². The predicted octanol–water partition coefficient (Wildman–Crippen LogP) is 2.82. The summed E-state index contributed by atoms with van der Waals surface area (Å²) in [6.07, 6.45) is 3.44. The average Bonchev–Trinajstić information content (AvgIpc) is 2.38. The van der Waals surface area contributed by atoms with Crippen molar-refractivity contribution in [1.82, 2.24) is 5.32 Å². The van der Waals surface area contributed by atoms with Crippen LogP contribution in [0.1, 0.15) is 36.4 Å². The first-order valence-corrected chi connectivity index (χ1v) is 6.81. The van der Waals surface area contributed by atoms with Crippen LogP contribution in [0.5, 0.6) is 5.75 Å². The molecule has 0 radical (unpaired) electrons. The summed E-state index contributed by atoms with van der Waals surface area (Å²) in [5.41, 5.74) is 2.41. The predicted molar refractivity (Wildman–Crippen MR) is 72.2 cm³/mol. The molecule has 1 aliphatic carbocycles. The second-order valence-electron chi connectivity index (χ2n) is 4.48. The quantitative estimate of drug-likeness (QED) is 0.852. The molecule has 0 saturated carbocycles. The minimum absolute atomic E-state index is 0.0191. The Hall–Kier alpha value is -1.22. The first-order chi connectivity index (χ1) is 8.76. The molecule has 98 valence electrons. The number of hydrogen-bond donors (Lipinski definition) is 1. The Bertz CT molecular complexity index is 434. The number of hydrogen-bond acceptors (Lipinski definition) is 2. The summed E-state index contributed by atoms with van der Waals surface area (Å²) in [7, 11) is 1.69. The molecule has 0 aromatic heterocycles. The van der Waals surface area contributed by atoms with E-state index in [9.17, 15) is 4.79 Å². The third kappa shape index (κ3) is 2.78. The maximum atomic E-state index is 11.6. The van der Waals surface area contributed by atoms with Gasteiger partial charge >= 0.3 is 0 Å². The first kappa shape index (κ1) is 13.2. The number of rotatable bonds is 4. The van der Waals surface area contributed by atoms with Crippen molar-refractivity contribution < 1.29 is 9.53 Å². The summed E-state index contributed by atoms with van der Waals surface area (Å²) in [5, 5.41) is 3.05. The molecule has 0 fully saturated rings. The van der Waals surface area contributed by atoms with E-state index < -0.39 is 0 Å². The normalized spacial score (nSPS) is 18.0.